The van der Waals surface area contributed by atoms with Gasteiger partial charge in [0, 0.05) is 16.9 Å². The largest absolute Gasteiger partial charge is 0.464 e. The molecule has 0 aliphatic carbocycles. The second kappa shape index (κ2) is 4.37. The molecule has 0 saturated carbocycles. The van der Waals surface area contributed by atoms with Crippen LogP contribution in [0.2, 0.25) is 0 Å². The van der Waals surface area contributed by atoms with Crippen LogP contribution >= 0.6 is 0 Å². The van der Waals surface area contributed by atoms with Gasteiger partial charge in [-0.2, -0.15) is 0 Å². The molecule has 0 atom stereocenters. The summed E-state index contributed by atoms with van der Waals surface area (Å²) < 4.78 is 24.0. The van der Waals surface area contributed by atoms with E-state index in [9.17, 15) is 4.39 Å². The van der Waals surface area contributed by atoms with E-state index in [2.05, 4.69) is 0 Å². The van der Waals surface area contributed by atoms with Gasteiger partial charge in [0.1, 0.15) is 0 Å². The van der Waals surface area contributed by atoms with Gasteiger partial charge in [0.25, 0.3) is 5.95 Å². The van der Waals surface area contributed by atoms with Gasteiger partial charge in [0.05, 0.1) is 13.2 Å². The maximum absolute atomic E-state index is 13.4. The molecule has 0 aliphatic heterocycles. The highest BCUT2D eigenvalue weighted by Gasteiger charge is 2.18. The van der Waals surface area contributed by atoms with E-state index in [-0.39, 0.29) is 23.6 Å². The van der Waals surface area contributed by atoms with Gasteiger partial charge in [0.15, 0.2) is 11.4 Å². The highest BCUT2D eigenvalue weighted by Crippen LogP contribution is 2.28. The van der Waals surface area contributed by atoms with E-state index in [1.165, 1.54) is 6.07 Å². The van der Waals surface area contributed by atoms with Gasteiger partial charge in [-0.05, 0) is 6.07 Å². The van der Waals surface area contributed by atoms with Crippen LogP contribution in [0.3, 0.4) is 0 Å². The minimum atomic E-state index is -0.404. The zero-order chi connectivity index (χ0) is 12.5. The first-order valence-electron chi connectivity index (χ1n) is 5.43. The Morgan fingerprint density at radius 1 is 1.41 bits per heavy atom. The number of ether oxygens (including phenoxy) is 1. The van der Waals surface area contributed by atoms with Gasteiger partial charge in [-0.1, -0.05) is 26.0 Å². The summed E-state index contributed by atoms with van der Waals surface area (Å²) in [6.45, 7) is 4.07. The maximum Gasteiger partial charge on any atom is 0.285 e. The molecule has 0 amide bonds. The van der Waals surface area contributed by atoms with Gasteiger partial charge in [-0.25, -0.2) is 4.39 Å². The molecule has 0 fully saturated rings. The number of furan rings is 1. The van der Waals surface area contributed by atoms with Crippen molar-refractivity contribution >= 4 is 11.0 Å². The first-order valence-corrected chi connectivity index (χ1v) is 5.43. The van der Waals surface area contributed by atoms with Crippen molar-refractivity contribution in [2.75, 3.05) is 13.2 Å². The fourth-order valence-corrected chi connectivity index (χ4v) is 1.39. The quantitative estimate of drug-likeness (QED) is 0.890. The van der Waals surface area contributed by atoms with Crippen LogP contribution in [0.4, 0.5) is 4.39 Å². The molecule has 0 saturated heterocycles. The van der Waals surface area contributed by atoms with Crippen LogP contribution in [0.15, 0.2) is 28.7 Å². The monoisotopic (exact) mass is 238 g/mol. The third kappa shape index (κ3) is 2.58. The van der Waals surface area contributed by atoms with Gasteiger partial charge in [0.2, 0.25) is 0 Å². The van der Waals surface area contributed by atoms with Gasteiger partial charge < -0.3 is 14.3 Å². The number of aliphatic hydroxyl groups is 1. The molecule has 3 nitrogen and oxygen atoms in total. The summed E-state index contributed by atoms with van der Waals surface area (Å²) in [5.41, 5.74) is -0.151. The van der Waals surface area contributed by atoms with Crippen molar-refractivity contribution in [1.29, 1.82) is 0 Å². The average Bonchev–Trinajstić information content (AvgIpc) is 2.71. The van der Waals surface area contributed by atoms with Gasteiger partial charge in [-0.15, -0.1) is 0 Å². The summed E-state index contributed by atoms with van der Waals surface area (Å²) in [6.07, 6.45) is 0. The molecule has 92 valence electrons. The third-order valence-electron chi connectivity index (χ3n) is 2.51. The standard InChI is InChI=1S/C13H15FO3/c1-13(2,7-15)8-16-11-6-9-4-3-5-10(14)12(9)17-11/h3-6,15H,7-8H2,1-2H3. The highest BCUT2D eigenvalue weighted by atomic mass is 19.1. The fourth-order valence-electron chi connectivity index (χ4n) is 1.39. The molecule has 0 radical (unpaired) electrons. The molecule has 0 spiro atoms. The lowest BCUT2D eigenvalue weighted by Crippen LogP contribution is -2.25. The average molecular weight is 238 g/mol. The molecular formula is C13H15FO3. The van der Waals surface area contributed by atoms with E-state index in [0.717, 1.165) is 0 Å². The normalized spacial score (nSPS) is 12.0. The first kappa shape index (κ1) is 11.9. The highest BCUT2D eigenvalue weighted by molar-refractivity contribution is 5.79. The van der Waals surface area contributed by atoms with Crippen LogP contribution in [0.1, 0.15) is 13.8 Å². The molecule has 1 heterocycles. The van der Waals surface area contributed by atoms with Crippen LogP contribution in [0.5, 0.6) is 5.95 Å². The zero-order valence-electron chi connectivity index (χ0n) is 9.87. The number of benzene rings is 1. The topological polar surface area (TPSA) is 42.6 Å². The van der Waals surface area contributed by atoms with Crippen molar-refractivity contribution in [1.82, 2.24) is 0 Å². The van der Waals surface area contributed by atoms with E-state index in [1.54, 1.807) is 18.2 Å². The summed E-state index contributed by atoms with van der Waals surface area (Å²) in [7, 11) is 0. The predicted molar refractivity (Wildman–Crippen MR) is 62.5 cm³/mol. The van der Waals surface area contributed by atoms with Gasteiger partial charge >= 0.3 is 0 Å². The molecule has 2 aromatic rings. The number of halogens is 1. The van der Waals surface area contributed by atoms with Crippen LogP contribution in [0.25, 0.3) is 11.0 Å². The van der Waals surface area contributed by atoms with Crippen molar-refractivity contribution < 1.29 is 18.7 Å². The Morgan fingerprint density at radius 2 is 2.18 bits per heavy atom. The number of para-hydroxylation sites is 1. The maximum atomic E-state index is 13.4. The number of aliphatic hydroxyl groups excluding tert-OH is 1. The SMILES string of the molecule is CC(C)(CO)COc1cc2cccc(F)c2o1. The van der Waals surface area contributed by atoms with Crippen LogP contribution in [-0.4, -0.2) is 18.3 Å². The molecule has 1 aromatic carbocycles. The second-order valence-electron chi connectivity index (χ2n) is 4.83. The van der Waals surface area contributed by atoms with Crippen molar-refractivity contribution in [3.05, 3.63) is 30.1 Å². The minimum absolute atomic E-state index is 0.0155. The van der Waals surface area contributed by atoms with E-state index in [4.69, 9.17) is 14.3 Å². The van der Waals surface area contributed by atoms with Crippen LogP contribution < -0.4 is 4.74 Å². The molecule has 4 heteroatoms. The van der Waals surface area contributed by atoms with E-state index in [0.29, 0.717) is 12.0 Å². The number of hydrogen-bond donors (Lipinski definition) is 1. The molecule has 1 aromatic heterocycles. The van der Waals surface area contributed by atoms with E-state index in [1.807, 2.05) is 13.8 Å². The lowest BCUT2D eigenvalue weighted by atomic mass is 9.97. The Morgan fingerprint density at radius 3 is 2.82 bits per heavy atom. The van der Waals surface area contributed by atoms with E-state index < -0.39 is 5.82 Å². The number of rotatable bonds is 4. The summed E-state index contributed by atoms with van der Waals surface area (Å²) in [5, 5.41) is 9.75. The summed E-state index contributed by atoms with van der Waals surface area (Å²) in [6, 6.07) is 6.36. The smallest absolute Gasteiger partial charge is 0.285 e. The summed E-state index contributed by atoms with van der Waals surface area (Å²) >= 11 is 0. The van der Waals surface area contributed by atoms with Crippen molar-refractivity contribution in [3.8, 4) is 5.95 Å². The van der Waals surface area contributed by atoms with Crippen molar-refractivity contribution in [2.45, 2.75) is 13.8 Å². The molecule has 17 heavy (non-hydrogen) atoms. The zero-order valence-corrected chi connectivity index (χ0v) is 9.87. The molecule has 0 bridgehead atoms. The molecule has 2 rings (SSSR count). The van der Waals surface area contributed by atoms with Crippen LogP contribution in [-0.2, 0) is 0 Å². The van der Waals surface area contributed by atoms with E-state index >= 15 is 0 Å². The molecule has 0 aliphatic rings. The second-order valence-corrected chi connectivity index (χ2v) is 4.83. The lowest BCUT2D eigenvalue weighted by Gasteiger charge is -2.20. The number of hydrogen-bond acceptors (Lipinski definition) is 3. The number of fused-ring (bicyclic) bond motifs is 1. The minimum Gasteiger partial charge on any atom is -0.464 e. The Bertz CT molecular complexity index is 516. The summed E-state index contributed by atoms with van der Waals surface area (Å²) in [5.74, 6) is -0.134. The third-order valence-corrected chi connectivity index (χ3v) is 2.51. The summed E-state index contributed by atoms with van der Waals surface area (Å²) in [4.78, 5) is 0. The fraction of sp³-hybridized carbons (Fsp3) is 0.385. The Kier molecular flexibility index (Phi) is 3.07. The lowest BCUT2D eigenvalue weighted by molar-refractivity contribution is 0.0848. The van der Waals surface area contributed by atoms with Crippen LogP contribution in [0, 0.1) is 11.2 Å². The Labute approximate surface area is 98.8 Å². The Hall–Kier alpha value is -1.55. The molecular weight excluding hydrogens is 223 g/mol. The van der Waals surface area contributed by atoms with Gasteiger partial charge in [-0.3, -0.25) is 0 Å². The molecule has 0 unspecified atom stereocenters. The van der Waals surface area contributed by atoms with Crippen molar-refractivity contribution in [3.63, 3.8) is 0 Å². The first-order chi connectivity index (χ1) is 8.02. The Balaban J connectivity index is 2.18. The predicted octanol–water partition coefficient (Wildman–Crippen LogP) is 2.97. The van der Waals surface area contributed by atoms with Crippen molar-refractivity contribution in [2.24, 2.45) is 5.41 Å². The molecule has 1 N–H and O–H groups in total.